The van der Waals surface area contributed by atoms with Crippen LogP contribution < -0.4 is 5.32 Å². The Morgan fingerprint density at radius 2 is 0.667 bits per heavy atom. The van der Waals surface area contributed by atoms with E-state index in [4.69, 9.17) is 4.74 Å². The van der Waals surface area contributed by atoms with E-state index in [-0.39, 0.29) is 18.5 Å². The monoisotopic (exact) mass is 1060 g/mol. The maximum absolute atomic E-state index is 12.4. The lowest BCUT2D eigenvalue weighted by atomic mass is 10.0. The second kappa shape index (κ2) is 64.9. The molecule has 0 fully saturated rings. The van der Waals surface area contributed by atoms with Crippen LogP contribution in [0.25, 0.3) is 0 Å². The molecule has 0 aliphatic heterocycles. The highest BCUT2D eigenvalue weighted by Gasteiger charge is 2.20. The molecule has 0 saturated heterocycles. The summed E-state index contributed by atoms with van der Waals surface area (Å²) in [6.45, 7) is 4.94. The quantitative estimate of drug-likeness (QED) is 0.0320. The van der Waals surface area contributed by atoms with Gasteiger partial charge in [0.05, 0.1) is 25.4 Å². The van der Waals surface area contributed by atoms with Crippen LogP contribution in [-0.2, 0) is 14.3 Å². The molecule has 0 saturated carbocycles. The summed E-state index contributed by atoms with van der Waals surface area (Å²) in [5.41, 5.74) is 0. The van der Waals surface area contributed by atoms with Gasteiger partial charge in [0.15, 0.2) is 0 Å². The molecule has 3 N–H and O–H groups in total. The molecular formula is C69H133NO5. The number of hydrogen-bond donors (Lipinski definition) is 3. The molecule has 0 radical (unpaired) electrons. The highest BCUT2D eigenvalue weighted by Crippen LogP contribution is 2.19. The number of allylic oxidation sites excluding steroid dienone is 4. The zero-order valence-electron chi connectivity index (χ0n) is 50.8. The number of rotatable bonds is 64. The van der Waals surface area contributed by atoms with Gasteiger partial charge < -0.3 is 20.3 Å². The third-order valence-electron chi connectivity index (χ3n) is 16.0. The molecule has 0 aromatic carbocycles. The Bertz CT molecular complexity index is 1170. The fourth-order valence-corrected chi connectivity index (χ4v) is 10.8. The van der Waals surface area contributed by atoms with E-state index in [1.54, 1.807) is 0 Å². The largest absolute Gasteiger partial charge is 0.466 e. The van der Waals surface area contributed by atoms with Crippen molar-refractivity contribution < 1.29 is 24.5 Å². The first kappa shape index (κ1) is 73.3. The van der Waals surface area contributed by atoms with Crippen molar-refractivity contribution in [1.82, 2.24) is 5.32 Å². The average molecular weight is 1060 g/mol. The lowest BCUT2D eigenvalue weighted by molar-refractivity contribution is -0.143. The van der Waals surface area contributed by atoms with E-state index in [1.165, 1.54) is 295 Å². The molecule has 75 heavy (non-hydrogen) atoms. The van der Waals surface area contributed by atoms with Gasteiger partial charge in [-0.3, -0.25) is 9.59 Å². The Balaban J connectivity index is 3.29. The van der Waals surface area contributed by atoms with Gasteiger partial charge in [-0.15, -0.1) is 0 Å². The number of nitrogens with one attached hydrogen (secondary N) is 1. The van der Waals surface area contributed by atoms with Crippen molar-refractivity contribution in [3.8, 4) is 0 Å². The Morgan fingerprint density at radius 1 is 0.373 bits per heavy atom. The first-order chi connectivity index (χ1) is 37.0. The smallest absolute Gasteiger partial charge is 0.305 e. The van der Waals surface area contributed by atoms with Gasteiger partial charge in [0, 0.05) is 12.8 Å². The minimum Gasteiger partial charge on any atom is -0.466 e. The normalized spacial score (nSPS) is 12.6. The van der Waals surface area contributed by atoms with Crippen molar-refractivity contribution in [3.63, 3.8) is 0 Å². The van der Waals surface area contributed by atoms with Crippen LogP contribution in [0, 0.1) is 0 Å². The Labute approximate surface area is 469 Å². The molecule has 6 nitrogen and oxygen atoms in total. The van der Waals surface area contributed by atoms with E-state index < -0.39 is 12.1 Å². The molecule has 0 aliphatic carbocycles. The van der Waals surface area contributed by atoms with Crippen LogP contribution in [0.3, 0.4) is 0 Å². The minimum absolute atomic E-state index is 0.0137. The van der Waals surface area contributed by atoms with Crippen LogP contribution in [0.15, 0.2) is 24.3 Å². The van der Waals surface area contributed by atoms with Crippen molar-refractivity contribution in [2.75, 3.05) is 13.2 Å². The number of aliphatic hydroxyl groups excluding tert-OH is 2. The van der Waals surface area contributed by atoms with Crippen LogP contribution in [0.4, 0.5) is 0 Å². The van der Waals surface area contributed by atoms with E-state index in [0.717, 1.165) is 51.4 Å². The van der Waals surface area contributed by atoms with Crippen LogP contribution in [0.1, 0.15) is 380 Å². The highest BCUT2D eigenvalue weighted by molar-refractivity contribution is 5.76. The van der Waals surface area contributed by atoms with Crippen molar-refractivity contribution in [1.29, 1.82) is 0 Å². The Hall–Kier alpha value is -1.66. The van der Waals surface area contributed by atoms with Gasteiger partial charge in [-0.1, -0.05) is 334 Å². The molecule has 2 atom stereocenters. The van der Waals surface area contributed by atoms with E-state index in [0.29, 0.717) is 25.9 Å². The summed E-state index contributed by atoms with van der Waals surface area (Å²) < 4.78 is 5.50. The molecule has 0 spiro atoms. The molecule has 0 aliphatic rings. The first-order valence-corrected chi connectivity index (χ1v) is 34.1. The number of aliphatic hydroxyl groups is 2. The van der Waals surface area contributed by atoms with Crippen LogP contribution >= 0.6 is 0 Å². The van der Waals surface area contributed by atoms with Crippen molar-refractivity contribution in [3.05, 3.63) is 24.3 Å². The molecule has 2 unspecified atom stereocenters. The maximum Gasteiger partial charge on any atom is 0.305 e. The Morgan fingerprint density at radius 3 is 1.03 bits per heavy atom. The van der Waals surface area contributed by atoms with Crippen LogP contribution in [0.2, 0.25) is 0 Å². The van der Waals surface area contributed by atoms with Gasteiger partial charge in [-0.25, -0.2) is 0 Å². The topological polar surface area (TPSA) is 95.9 Å². The van der Waals surface area contributed by atoms with Gasteiger partial charge in [0.25, 0.3) is 0 Å². The average Bonchev–Trinajstić information content (AvgIpc) is 3.41. The SMILES string of the molecule is CCCCCC/C=C\C/C=C\CCCCCCCCCC(=O)OCCCCCCCCCCCCCCCCCCCCCCCCCCCCCCCCCC(=O)NC(CO)C(O)CCCCCCCCCCC. The molecular weight excluding hydrogens is 923 g/mol. The predicted molar refractivity (Wildman–Crippen MR) is 329 cm³/mol. The van der Waals surface area contributed by atoms with Crippen molar-refractivity contribution >= 4 is 11.9 Å². The van der Waals surface area contributed by atoms with E-state index in [9.17, 15) is 19.8 Å². The second-order valence-electron chi connectivity index (χ2n) is 23.5. The summed E-state index contributed by atoms with van der Waals surface area (Å²) in [4.78, 5) is 24.5. The fourth-order valence-electron chi connectivity index (χ4n) is 10.8. The van der Waals surface area contributed by atoms with Crippen LogP contribution in [0.5, 0.6) is 0 Å². The molecule has 0 aromatic heterocycles. The number of carbonyl (C=O) groups excluding carboxylic acids is 2. The third kappa shape index (κ3) is 61.4. The number of ether oxygens (including phenoxy) is 1. The van der Waals surface area contributed by atoms with Gasteiger partial charge in [0.2, 0.25) is 5.91 Å². The van der Waals surface area contributed by atoms with Gasteiger partial charge in [-0.05, 0) is 57.8 Å². The highest BCUT2D eigenvalue weighted by atomic mass is 16.5. The molecule has 0 aromatic rings. The van der Waals surface area contributed by atoms with Crippen molar-refractivity contribution in [2.45, 2.75) is 392 Å². The minimum atomic E-state index is -0.658. The lowest BCUT2D eigenvalue weighted by Gasteiger charge is -2.22. The molecule has 0 rings (SSSR count). The number of esters is 1. The first-order valence-electron chi connectivity index (χ1n) is 34.1. The maximum atomic E-state index is 12.4. The molecule has 6 heteroatoms. The van der Waals surface area contributed by atoms with Gasteiger partial charge in [0.1, 0.15) is 0 Å². The Kier molecular flexibility index (Phi) is 63.4. The number of hydrogen-bond acceptors (Lipinski definition) is 5. The summed E-state index contributed by atoms with van der Waals surface area (Å²) >= 11 is 0. The lowest BCUT2D eigenvalue weighted by Crippen LogP contribution is -2.45. The zero-order chi connectivity index (χ0) is 54.3. The van der Waals surface area contributed by atoms with Crippen molar-refractivity contribution in [2.24, 2.45) is 0 Å². The summed E-state index contributed by atoms with van der Waals surface area (Å²) in [6, 6.07) is -0.535. The molecule has 444 valence electrons. The summed E-state index contributed by atoms with van der Waals surface area (Å²) in [5.74, 6) is -0.0179. The standard InChI is InChI=1S/C69H133NO5/c1-3-5-7-9-11-13-14-15-16-17-34-37-40-43-47-51-55-59-63-69(74)75-64-60-56-52-48-44-41-38-35-32-30-28-26-24-22-20-18-19-21-23-25-27-29-31-33-36-39-42-46-50-54-58-62-68(73)70-66(65-71)67(72)61-57-53-49-45-12-10-8-6-4-2/h13-14,16-17,66-67,71-72H,3-12,15,18-65H2,1-2H3,(H,70,73)/b14-13-,17-16-. The van der Waals surface area contributed by atoms with E-state index in [2.05, 4.69) is 43.5 Å². The van der Waals surface area contributed by atoms with Crippen LogP contribution in [-0.4, -0.2) is 47.4 Å². The van der Waals surface area contributed by atoms with E-state index >= 15 is 0 Å². The summed E-state index contributed by atoms with van der Waals surface area (Å²) in [6.07, 6.45) is 80.9. The fraction of sp³-hybridized carbons (Fsp3) is 0.913. The van der Waals surface area contributed by atoms with Gasteiger partial charge >= 0.3 is 5.97 Å². The van der Waals surface area contributed by atoms with E-state index in [1.807, 2.05) is 0 Å². The summed E-state index contributed by atoms with van der Waals surface area (Å²) in [5, 5.41) is 23.1. The van der Waals surface area contributed by atoms with Gasteiger partial charge in [-0.2, -0.15) is 0 Å². The molecule has 0 heterocycles. The molecule has 0 bridgehead atoms. The number of amides is 1. The number of carbonyl (C=O) groups is 2. The number of unbranched alkanes of at least 4 members (excludes halogenated alkanes) is 49. The predicted octanol–water partition coefficient (Wildman–Crippen LogP) is 21.8. The second-order valence-corrected chi connectivity index (χ2v) is 23.5. The zero-order valence-corrected chi connectivity index (χ0v) is 50.8. The summed E-state index contributed by atoms with van der Waals surface area (Å²) in [7, 11) is 0. The third-order valence-corrected chi connectivity index (χ3v) is 16.0. The molecule has 1 amide bonds.